The van der Waals surface area contributed by atoms with Crippen LogP contribution in [0, 0.1) is 0 Å². The number of aromatic nitrogens is 4. The number of nitrogens with zero attached hydrogens (tertiary/aromatic N) is 4. The molecule has 0 unspecified atom stereocenters. The second kappa shape index (κ2) is 6.63. The molecule has 0 aliphatic carbocycles. The van der Waals surface area contributed by atoms with Gasteiger partial charge in [0, 0.05) is 11.5 Å². The summed E-state index contributed by atoms with van der Waals surface area (Å²) in [6, 6.07) is 9.34. The summed E-state index contributed by atoms with van der Waals surface area (Å²) in [5.41, 5.74) is 6.50. The Morgan fingerprint density at radius 3 is 2.83 bits per heavy atom. The summed E-state index contributed by atoms with van der Waals surface area (Å²) in [7, 11) is 1.59. The normalized spacial score (nSPS) is 10.9. The fraction of sp³-hybridized carbons (Fsp3) is 0.250. The number of aliphatic hydroxyl groups is 1. The highest BCUT2D eigenvalue weighted by Crippen LogP contribution is 2.29. The van der Waals surface area contributed by atoms with Crippen molar-refractivity contribution in [2.45, 2.75) is 13.0 Å². The van der Waals surface area contributed by atoms with Crippen LogP contribution < -0.4 is 10.5 Å². The number of para-hydroxylation sites is 1. The van der Waals surface area contributed by atoms with Crippen LogP contribution in [0.15, 0.2) is 30.3 Å². The topological polar surface area (TPSA) is 116 Å². The third-order valence-electron chi connectivity index (χ3n) is 3.49. The molecule has 0 atom stereocenters. The van der Waals surface area contributed by atoms with E-state index in [-0.39, 0.29) is 19.6 Å². The van der Waals surface area contributed by atoms with Crippen LogP contribution in [0.25, 0.3) is 22.4 Å². The Bertz CT molecular complexity index is 891. The molecule has 3 N–H and O–H groups in total. The van der Waals surface area contributed by atoms with Crippen molar-refractivity contribution in [3.63, 3.8) is 0 Å². The van der Waals surface area contributed by atoms with Gasteiger partial charge >= 0.3 is 0 Å². The van der Waals surface area contributed by atoms with E-state index in [1.165, 1.54) is 4.68 Å². The summed E-state index contributed by atoms with van der Waals surface area (Å²) >= 11 is 0. The van der Waals surface area contributed by atoms with Gasteiger partial charge in [0.05, 0.1) is 32.2 Å². The van der Waals surface area contributed by atoms with Crippen molar-refractivity contribution in [1.29, 1.82) is 0 Å². The highest BCUT2D eigenvalue weighted by molar-refractivity contribution is 5.87. The van der Waals surface area contributed by atoms with E-state index in [9.17, 15) is 9.90 Å². The minimum atomic E-state index is -0.522. The second-order valence-corrected chi connectivity index (χ2v) is 5.17. The summed E-state index contributed by atoms with van der Waals surface area (Å²) < 4.78 is 6.95. The molecule has 0 saturated carbocycles. The molecular weight excluding hydrogens is 310 g/mol. The number of methoxy groups -OCH3 is 1. The second-order valence-electron chi connectivity index (χ2n) is 5.17. The molecule has 0 bridgehead atoms. The first-order chi connectivity index (χ1) is 11.6. The molecular formula is C16H17N5O3. The predicted molar refractivity (Wildman–Crippen MR) is 87.3 cm³/mol. The number of pyridine rings is 1. The number of fused-ring (bicyclic) bond motifs is 1. The lowest BCUT2D eigenvalue weighted by atomic mass is 10.1. The zero-order chi connectivity index (χ0) is 17.1. The van der Waals surface area contributed by atoms with E-state index in [4.69, 9.17) is 10.5 Å². The SMILES string of the molecule is COc1cc(-c2nc(CC(N)=O)nn2CCO)nc2ccccc12. The Balaban J connectivity index is 2.15. The molecule has 1 aromatic carbocycles. The quantitative estimate of drug-likeness (QED) is 0.682. The van der Waals surface area contributed by atoms with E-state index in [2.05, 4.69) is 15.1 Å². The van der Waals surface area contributed by atoms with E-state index in [1.807, 2.05) is 24.3 Å². The number of hydrogen-bond acceptors (Lipinski definition) is 6. The minimum absolute atomic E-state index is 0.0733. The Hall–Kier alpha value is -3.00. The van der Waals surface area contributed by atoms with Crippen molar-refractivity contribution < 1.29 is 14.6 Å². The van der Waals surface area contributed by atoms with E-state index in [0.29, 0.717) is 23.1 Å². The van der Waals surface area contributed by atoms with Crippen LogP contribution in [-0.4, -0.2) is 44.5 Å². The van der Waals surface area contributed by atoms with Gasteiger partial charge in [-0.05, 0) is 12.1 Å². The fourth-order valence-electron chi connectivity index (χ4n) is 2.49. The molecule has 2 heterocycles. The van der Waals surface area contributed by atoms with Gasteiger partial charge in [0.15, 0.2) is 11.6 Å². The van der Waals surface area contributed by atoms with Crippen molar-refractivity contribution >= 4 is 16.8 Å². The molecule has 1 amide bonds. The number of hydrogen-bond donors (Lipinski definition) is 2. The largest absolute Gasteiger partial charge is 0.496 e. The average Bonchev–Trinajstić information content (AvgIpc) is 2.95. The predicted octanol–water partition coefficient (Wildman–Crippen LogP) is 0.522. The number of primary amides is 1. The molecule has 0 radical (unpaired) electrons. The maximum absolute atomic E-state index is 11.1. The number of aliphatic hydroxyl groups excluding tert-OH is 1. The molecule has 8 heteroatoms. The zero-order valence-corrected chi connectivity index (χ0v) is 13.1. The first kappa shape index (κ1) is 15.9. The minimum Gasteiger partial charge on any atom is -0.496 e. The molecule has 0 fully saturated rings. The molecule has 24 heavy (non-hydrogen) atoms. The molecule has 3 aromatic rings. The summed E-state index contributed by atoms with van der Waals surface area (Å²) in [4.78, 5) is 20.0. The van der Waals surface area contributed by atoms with Gasteiger partial charge in [0.1, 0.15) is 11.4 Å². The van der Waals surface area contributed by atoms with Gasteiger partial charge in [-0.2, -0.15) is 5.10 Å². The lowest BCUT2D eigenvalue weighted by molar-refractivity contribution is -0.117. The standard InChI is InChI=1S/C16H17N5O3/c1-24-13-8-12(18-11-5-3-2-4-10(11)13)16-19-15(9-14(17)23)20-21(16)6-7-22/h2-5,8,22H,6-7,9H2,1H3,(H2,17,23). The Labute approximate surface area is 137 Å². The number of benzene rings is 1. The third-order valence-corrected chi connectivity index (χ3v) is 3.49. The van der Waals surface area contributed by atoms with E-state index >= 15 is 0 Å². The average molecular weight is 327 g/mol. The number of carbonyl (C=O) groups excluding carboxylic acids is 1. The van der Waals surface area contributed by atoms with Crippen molar-refractivity contribution in [3.8, 4) is 17.3 Å². The fourth-order valence-corrected chi connectivity index (χ4v) is 2.49. The number of ether oxygens (including phenoxy) is 1. The lowest BCUT2D eigenvalue weighted by Crippen LogP contribution is -2.15. The van der Waals surface area contributed by atoms with Crippen LogP contribution in [0.5, 0.6) is 5.75 Å². The first-order valence-corrected chi connectivity index (χ1v) is 7.39. The molecule has 0 saturated heterocycles. The highest BCUT2D eigenvalue weighted by Gasteiger charge is 2.16. The number of rotatable bonds is 6. The van der Waals surface area contributed by atoms with Crippen molar-refractivity contribution in [2.75, 3.05) is 13.7 Å². The van der Waals surface area contributed by atoms with Gasteiger partial charge in [-0.3, -0.25) is 4.79 Å². The van der Waals surface area contributed by atoms with Gasteiger partial charge < -0.3 is 15.6 Å². The molecule has 0 spiro atoms. The molecule has 0 aliphatic rings. The van der Waals surface area contributed by atoms with Crippen LogP contribution in [0.3, 0.4) is 0 Å². The lowest BCUT2D eigenvalue weighted by Gasteiger charge is -2.09. The third kappa shape index (κ3) is 3.04. The van der Waals surface area contributed by atoms with Crippen LogP contribution in [0.2, 0.25) is 0 Å². The highest BCUT2D eigenvalue weighted by atomic mass is 16.5. The number of amides is 1. The Kier molecular flexibility index (Phi) is 4.39. The van der Waals surface area contributed by atoms with Gasteiger partial charge in [0.25, 0.3) is 0 Å². The summed E-state index contributed by atoms with van der Waals surface area (Å²) in [5, 5.41) is 14.3. The van der Waals surface area contributed by atoms with Crippen LogP contribution >= 0.6 is 0 Å². The molecule has 124 valence electrons. The summed E-state index contributed by atoms with van der Waals surface area (Å²) in [6.07, 6.45) is -0.0733. The maximum Gasteiger partial charge on any atom is 0.225 e. The summed E-state index contributed by atoms with van der Waals surface area (Å²) in [6.45, 7) is 0.120. The van der Waals surface area contributed by atoms with Crippen LogP contribution in [-0.2, 0) is 17.8 Å². The number of carbonyl (C=O) groups is 1. The Morgan fingerprint density at radius 1 is 1.33 bits per heavy atom. The van der Waals surface area contributed by atoms with Crippen molar-refractivity contribution in [1.82, 2.24) is 19.7 Å². The van der Waals surface area contributed by atoms with Crippen LogP contribution in [0.1, 0.15) is 5.82 Å². The van der Waals surface area contributed by atoms with E-state index in [1.54, 1.807) is 13.2 Å². The van der Waals surface area contributed by atoms with Crippen LogP contribution in [0.4, 0.5) is 0 Å². The number of nitrogens with two attached hydrogens (primary N) is 1. The molecule has 3 rings (SSSR count). The zero-order valence-electron chi connectivity index (χ0n) is 13.1. The summed E-state index contributed by atoms with van der Waals surface area (Å²) in [5.74, 6) is 0.876. The van der Waals surface area contributed by atoms with Crippen molar-refractivity contribution in [2.24, 2.45) is 5.73 Å². The molecule has 8 nitrogen and oxygen atoms in total. The van der Waals surface area contributed by atoms with Gasteiger partial charge in [-0.25, -0.2) is 14.6 Å². The van der Waals surface area contributed by atoms with E-state index < -0.39 is 5.91 Å². The van der Waals surface area contributed by atoms with E-state index in [0.717, 1.165) is 10.9 Å². The van der Waals surface area contributed by atoms with Gasteiger partial charge in [-0.15, -0.1) is 0 Å². The molecule has 0 aliphatic heterocycles. The maximum atomic E-state index is 11.1. The molecule has 2 aromatic heterocycles. The van der Waals surface area contributed by atoms with Gasteiger partial charge in [0.2, 0.25) is 5.91 Å². The van der Waals surface area contributed by atoms with Crippen molar-refractivity contribution in [3.05, 3.63) is 36.2 Å². The van der Waals surface area contributed by atoms with Gasteiger partial charge in [-0.1, -0.05) is 12.1 Å². The first-order valence-electron chi connectivity index (χ1n) is 7.39. The smallest absolute Gasteiger partial charge is 0.225 e. The Morgan fingerprint density at radius 2 is 2.12 bits per heavy atom. The monoisotopic (exact) mass is 327 g/mol.